The van der Waals surface area contributed by atoms with Crippen LogP contribution >= 0.6 is 11.3 Å². The smallest absolute Gasteiger partial charge is 0.167 e. The molecule has 0 bridgehead atoms. The van der Waals surface area contributed by atoms with Crippen molar-refractivity contribution in [3.63, 3.8) is 0 Å². The Bertz CT molecular complexity index is 2840. The van der Waals surface area contributed by atoms with Crippen molar-refractivity contribution in [1.82, 2.24) is 15.0 Å². The Balaban J connectivity index is 1.11. The number of aromatic nitrogens is 3. The first kappa shape index (κ1) is 28.6. The first-order valence-electron chi connectivity index (χ1n) is 16.6. The molecule has 234 valence electrons. The lowest BCUT2D eigenvalue weighted by Gasteiger charge is -2.10. The van der Waals surface area contributed by atoms with Gasteiger partial charge >= 0.3 is 0 Å². The SMILES string of the molecule is c1ccc(-c2ccc3cc(-c4nc(-c5ccc(-c6cc7ccccc7s6)cc5)nc(-c5cccc6c5oc5ccccc56)n4)ccc3c2)cc1. The molecule has 0 atom stereocenters. The van der Waals surface area contributed by atoms with E-state index in [-0.39, 0.29) is 0 Å². The lowest BCUT2D eigenvalue weighted by atomic mass is 10.00. The number of hydrogen-bond donors (Lipinski definition) is 0. The fourth-order valence-electron chi connectivity index (χ4n) is 6.78. The molecule has 50 heavy (non-hydrogen) atoms. The molecule has 0 unspecified atom stereocenters. The predicted octanol–water partition coefficient (Wildman–Crippen LogP) is 12.5. The van der Waals surface area contributed by atoms with Crippen LogP contribution in [0.1, 0.15) is 0 Å². The van der Waals surface area contributed by atoms with Crippen LogP contribution in [0.15, 0.2) is 168 Å². The van der Waals surface area contributed by atoms with E-state index in [2.05, 4.69) is 127 Å². The fourth-order valence-corrected chi connectivity index (χ4v) is 7.85. The van der Waals surface area contributed by atoms with Gasteiger partial charge in [0.2, 0.25) is 0 Å². The van der Waals surface area contributed by atoms with Crippen LogP contribution in [0, 0.1) is 0 Å². The number of nitrogens with zero attached hydrogens (tertiary/aromatic N) is 3. The highest BCUT2D eigenvalue weighted by atomic mass is 32.1. The minimum atomic E-state index is 0.572. The van der Waals surface area contributed by atoms with E-state index < -0.39 is 0 Å². The second-order valence-corrected chi connectivity index (χ2v) is 13.5. The molecular weight excluding hydrogens is 631 g/mol. The van der Waals surface area contributed by atoms with Crippen molar-refractivity contribution in [2.24, 2.45) is 0 Å². The van der Waals surface area contributed by atoms with E-state index in [9.17, 15) is 0 Å². The Kier molecular flexibility index (Phi) is 6.64. The van der Waals surface area contributed by atoms with E-state index in [4.69, 9.17) is 19.4 Å². The average Bonchev–Trinajstić information content (AvgIpc) is 3.80. The molecule has 0 spiro atoms. The summed E-state index contributed by atoms with van der Waals surface area (Å²) in [6, 6.07) is 57.0. The van der Waals surface area contributed by atoms with Crippen LogP contribution in [0.4, 0.5) is 0 Å². The third-order valence-electron chi connectivity index (χ3n) is 9.34. The summed E-state index contributed by atoms with van der Waals surface area (Å²) in [6.45, 7) is 0. The first-order chi connectivity index (χ1) is 24.7. The van der Waals surface area contributed by atoms with Gasteiger partial charge in [0, 0.05) is 31.5 Å². The molecule has 5 heteroatoms. The Morgan fingerprint density at radius 2 is 1.04 bits per heavy atom. The maximum atomic E-state index is 6.42. The first-order valence-corrected chi connectivity index (χ1v) is 17.4. The van der Waals surface area contributed by atoms with Crippen LogP contribution in [0.25, 0.3) is 98.5 Å². The van der Waals surface area contributed by atoms with Gasteiger partial charge in [0.15, 0.2) is 17.5 Å². The molecule has 7 aromatic carbocycles. The Morgan fingerprint density at radius 3 is 1.88 bits per heavy atom. The topological polar surface area (TPSA) is 51.8 Å². The largest absolute Gasteiger partial charge is 0.455 e. The van der Waals surface area contributed by atoms with Gasteiger partial charge < -0.3 is 4.42 Å². The number of fused-ring (bicyclic) bond motifs is 5. The third-order valence-corrected chi connectivity index (χ3v) is 10.5. The molecule has 10 rings (SSSR count). The zero-order valence-electron chi connectivity index (χ0n) is 26.7. The molecule has 0 fully saturated rings. The third kappa shape index (κ3) is 4.95. The van der Waals surface area contributed by atoms with Crippen molar-refractivity contribution in [3.8, 4) is 55.7 Å². The Hall–Kier alpha value is -6.43. The van der Waals surface area contributed by atoms with Gasteiger partial charge in [-0.1, -0.05) is 127 Å². The maximum absolute atomic E-state index is 6.42. The van der Waals surface area contributed by atoms with E-state index in [1.165, 1.54) is 31.7 Å². The zero-order chi connectivity index (χ0) is 33.0. The molecule has 4 nitrogen and oxygen atoms in total. The van der Waals surface area contributed by atoms with Gasteiger partial charge in [-0.05, 0) is 69.2 Å². The minimum Gasteiger partial charge on any atom is -0.455 e. The van der Waals surface area contributed by atoms with E-state index in [1.807, 2.05) is 36.4 Å². The molecule has 0 amide bonds. The number of rotatable bonds is 5. The molecule has 0 aliphatic heterocycles. The quantitative estimate of drug-likeness (QED) is 0.185. The highest BCUT2D eigenvalue weighted by Crippen LogP contribution is 2.37. The minimum absolute atomic E-state index is 0.572. The maximum Gasteiger partial charge on any atom is 0.167 e. The van der Waals surface area contributed by atoms with Crippen LogP contribution in [-0.4, -0.2) is 15.0 Å². The van der Waals surface area contributed by atoms with Crippen LogP contribution < -0.4 is 0 Å². The summed E-state index contributed by atoms with van der Waals surface area (Å²) >= 11 is 1.80. The van der Waals surface area contributed by atoms with Crippen molar-refractivity contribution in [2.75, 3.05) is 0 Å². The van der Waals surface area contributed by atoms with Crippen molar-refractivity contribution >= 4 is 54.1 Å². The summed E-state index contributed by atoms with van der Waals surface area (Å²) in [6.07, 6.45) is 0. The summed E-state index contributed by atoms with van der Waals surface area (Å²) in [7, 11) is 0. The molecule has 0 radical (unpaired) electrons. The van der Waals surface area contributed by atoms with Gasteiger partial charge in [-0.25, -0.2) is 15.0 Å². The lowest BCUT2D eigenvalue weighted by molar-refractivity contribution is 0.669. The zero-order valence-corrected chi connectivity index (χ0v) is 27.6. The number of furan rings is 1. The average molecular weight is 658 g/mol. The standard InChI is InChI=1S/C45H27N3OS/c1-2-9-28(10-3-1)31-21-22-33-26-35(24-23-32(33)25-31)44-46-43(30-19-17-29(18-20-30)41-27-34-11-4-7-16-40(34)50-41)47-45(48-44)38-14-8-13-37-36-12-5-6-15-39(36)49-42(37)38/h1-27H. The van der Waals surface area contributed by atoms with Crippen LogP contribution in [0.5, 0.6) is 0 Å². The molecule has 0 aliphatic rings. The molecule has 3 aromatic heterocycles. The summed E-state index contributed by atoms with van der Waals surface area (Å²) in [4.78, 5) is 16.5. The molecule has 0 aliphatic carbocycles. The van der Waals surface area contributed by atoms with Gasteiger partial charge in [0.05, 0.1) is 5.56 Å². The van der Waals surface area contributed by atoms with Crippen molar-refractivity contribution < 1.29 is 4.42 Å². The molecule has 0 saturated heterocycles. The number of para-hydroxylation sites is 2. The van der Waals surface area contributed by atoms with Gasteiger partial charge in [-0.2, -0.15) is 0 Å². The molecular formula is C45H27N3OS. The van der Waals surface area contributed by atoms with Gasteiger partial charge in [-0.3, -0.25) is 0 Å². The molecule has 10 aromatic rings. The Morgan fingerprint density at radius 1 is 0.400 bits per heavy atom. The van der Waals surface area contributed by atoms with E-state index in [1.54, 1.807) is 11.3 Å². The van der Waals surface area contributed by atoms with Crippen molar-refractivity contribution in [2.45, 2.75) is 0 Å². The lowest BCUT2D eigenvalue weighted by Crippen LogP contribution is -2.00. The highest BCUT2D eigenvalue weighted by molar-refractivity contribution is 7.22. The number of hydrogen-bond acceptors (Lipinski definition) is 5. The second kappa shape index (κ2) is 11.6. The van der Waals surface area contributed by atoms with Crippen molar-refractivity contribution in [3.05, 3.63) is 164 Å². The monoisotopic (exact) mass is 657 g/mol. The normalized spacial score (nSPS) is 11.6. The number of benzene rings is 7. The molecule has 0 N–H and O–H groups in total. The number of thiophene rings is 1. The van der Waals surface area contributed by atoms with E-state index >= 15 is 0 Å². The summed E-state index contributed by atoms with van der Waals surface area (Å²) < 4.78 is 7.71. The second-order valence-electron chi connectivity index (χ2n) is 12.5. The predicted molar refractivity (Wildman–Crippen MR) is 207 cm³/mol. The van der Waals surface area contributed by atoms with Crippen LogP contribution in [-0.2, 0) is 0 Å². The summed E-state index contributed by atoms with van der Waals surface area (Å²) in [5.74, 6) is 1.80. The van der Waals surface area contributed by atoms with Crippen molar-refractivity contribution in [1.29, 1.82) is 0 Å². The fraction of sp³-hybridized carbons (Fsp3) is 0. The summed E-state index contributed by atoms with van der Waals surface area (Å²) in [5, 5.41) is 5.65. The van der Waals surface area contributed by atoms with Gasteiger partial charge in [-0.15, -0.1) is 11.3 Å². The van der Waals surface area contributed by atoms with Crippen LogP contribution in [0.2, 0.25) is 0 Å². The summed E-state index contributed by atoms with van der Waals surface area (Å²) in [5.41, 5.74) is 7.84. The Labute approximate surface area is 292 Å². The van der Waals surface area contributed by atoms with E-state index in [0.717, 1.165) is 49.4 Å². The highest BCUT2D eigenvalue weighted by Gasteiger charge is 2.18. The van der Waals surface area contributed by atoms with E-state index in [0.29, 0.717) is 17.5 Å². The van der Waals surface area contributed by atoms with Crippen LogP contribution in [0.3, 0.4) is 0 Å². The molecule has 3 heterocycles. The van der Waals surface area contributed by atoms with Gasteiger partial charge in [0.25, 0.3) is 0 Å². The molecule has 0 saturated carbocycles. The van der Waals surface area contributed by atoms with Gasteiger partial charge in [0.1, 0.15) is 11.2 Å².